The topological polar surface area (TPSA) is 57.3 Å². The summed E-state index contributed by atoms with van der Waals surface area (Å²) in [5, 5.41) is 6.07. The van der Waals surface area contributed by atoms with Crippen LogP contribution < -0.4 is 10.6 Å². The van der Waals surface area contributed by atoms with Gasteiger partial charge in [-0.3, -0.25) is 9.78 Å². The maximum atomic E-state index is 13.6. The van der Waals surface area contributed by atoms with E-state index in [1.807, 2.05) is 20.2 Å². The summed E-state index contributed by atoms with van der Waals surface area (Å²) in [5.74, 6) is -0.507. The standard InChI is InChI=1S/C19H25FN4O/c1-24(2)13-5-10-21-16-9-12-22-18(14-16)19(25)23-11-8-15-6-3-4-7-17(15)20/h3-4,6-7,9,12,14H,5,8,10-11,13H2,1-2H3,(H,21,22)(H,23,25). The first-order valence-corrected chi connectivity index (χ1v) is 8.42. The molecule has 1 aromatic heterocycles. The summed E-state index contributed by atoms with van der Waals surface area (Å²) >= 11 is 0. The fourth-order valence-corrected chi connectivity index (χ4v) is 2.40. The van der Waals surface area contributed by atoms with E-state index < -0.39 is 0 Å². The number of carbonyl (C=O) groups excluding carboxylic acids is 1. The number of carbonyl (C=O) groups is 1. The molecule has 25 heavy (non-hydrogen) atoms. The van der Waals surface area contributed by atoms with Gasteiger partial charge >= 0.3 is 0 Å². The van der Waals surface area contributed by atoms with Gasteiger partial charge in [0.2, 0.25) is 0 Å². The number of anilines is 1. The second kappa shape index (κ2) is 9.74. The molecule has 0 spiro atoms. The molecule has 5 nitrogen and oxygen atoms in total. The molecular formula is C19H25FN4O. The molecule has 0 fully saturated rings. The van der Waals surface area contributed by atoms with Gasteiger partial charge in [0.05, 0.1) is 0 Å². The number of pyridine rings is 1. The van der Waals surface area contributed by atoms with Crippen molar-refractivity contribution in [2.24, 2.45) is 0 Å². The molecule has 2 N–H and O–H groups in total. The number of hydrogen-bond acceptors (Lipinski definition) is 4. The van der Waals surface area contributed by atoms with Gasteiger partial charge in [-0.05, 0) is 57.2 Å². The molecular weight excluding hydrogens is 319 g/mol. The molecule has 0 unspecified atom stereocenters. The monoisotopic (exact) mass is 344 g/mol. The minimum Gasteiger partial charge on any atom is -0.385 e. The number of nitrogens with one attached hydrogen (secondary N) is 2. The van der Waals surface area contributed by atoms with Crippen molar-refractivity contribution < 1.29 is 9.18 Å². The Morgan fingerprint density at radius 3 is 2.76 bits per heavy atom. The SMILES string of the molecule is CN(C)CCCNc1ccnc(C(=O)NCCc2ccccc2F)c1. The van der Waals surface area contributed by atoms with Crippen LogP contribution in [0.3, 0.4) is 0 Å². The fraction of sp³-hybridized carbons (Fsp3) is 0.368. The van der Waals surface area contributed by atoms with Crippen molar-refractivity contribution in [3.63, 3.8) is 0 Å². The van der Waals surface area contributed by atoms with Crippen LogP contribution in [0.5, 0.6) is 0 Å². The van der Waals surface area contributed by atoms with Crippen LogP contribution in [0.1, 0.15) is 22.5 Å². The van der Waals surface area contributed by atoms with Gasteiger partial charge in [-0.1, -0.05) is 18.2 Å². The first kappa shape index (κ1) is 18.9. The zero-order valence-corrected chi connectivity index (χ0v) is 14.8. The molecule has 2 aromatic rings. The van der Waals surface area contributed by atoms with Gasteiger partial charge in [-0.25, -0.2) is 4.39 Å². The van der Waals surface area contributed by atoms with Crippen LogP contribution in [0.2, 0.25) is 0 Å². The molecule has 0 atom stereocenters. The fourth-order valence-electron chi connectivity index (χ4n) is 2.40. The summed E-state index contributed by atoms with van der Waals surface area (Å²) in [7, 11) is 4.08. The second-order valence-electron chi connectivity index (χ2n) is 6.11. The summed E-state index contributed by atoms with van der Waals surface area (Å²) in [6.45, 7) is 2.19. The number of amides is 1. The van der Waals surface area contributed by atoms with Crippen LogP contribution >= 0.6 is 0 Å². The van der Waals surface area contributed by atoms with E-state index in [4.69, 9.17) is 0 Å². The quantitative estimate of drug-likeness (QED) is 0.687. The van der Waals surface area contributed by atoms with Gasteiger partial charge in [0.1, 0.15) is 11.5 Å². The van der Waals surface area contributed by atoms with Crippen LogP contribution in [-0.4, -0.2) is 49.5 Å². The van der Waals surface area contributed by atoms with E-state index in [1.54, 1.807) is 30.5 Å². The van der Waals surface area contributed by atoms with Crippen molar-refractivity contribution in [1.29, 1.82) is 0 Å². The third kappa shape index (κ3) is 6.51. The smallest absolute Gasteiger partial charge is 0.269 e. The predicted molar refractivity (Wildman–Crippen MR) is 98.3 cm³/mol. The van der Waals surface area contributed by atoms with E-state index in [9.17, 15) is 9.18 Å². The summed E-state index contributed by atoms with van der Waals surface area (Å²) in [4.78, 5) is 18.4. The minimum absolute atomic E-state index is 0.251. The molecule has 0 saturated heterocycles. The molecule has 1 amide bonds. The van der Waals surface area contributed by atoms with Crippen molar-refractivity contribution in [2.75, 3.05) is 39.0 Å². The summed E-state index contributed by atoms with van der Waals surface area (Å²) < 4.78 is 13.6. The molecule has 1 heterocycles. The highest BCUT2D eigenvalue weighted by atomic mass is 19.1. The molecule has 6 heteroatoms. The van der Waals surface area contributed by atoms with E-state index in [-0.39, 0.29) is 11.7 Å². The third-order valence-corrected chi connectivity index (χ3v) is 3.74. The lowest BCUT2D eigenvalue weighted by molar-refractivity contribution is 0.0949. The van der Waals surface area contributed by atoms with E-state index in [0.29, 0.717) is 24.2 Å². The molecule has 0 radical (unpaired) electrons. The van der Waals surface area contributed by atoms with Crippen LogP contribution in [0.15, 0.2) is 42.6 Å². The van der Waals surface area contributed by atoms with Crippen LogP contribution in [0.25, 0.3) is 0 Å². The average Bonchev–Trinajstić information content (AvgIpc) is 2.60. The summed E-state index contributed by atoms with van der Waals surface area (Å²) in [5.41, 5.74) is 1.81. The Bertz CT molecular complexity index is 691. The minimum atomic E-state index is -0.256. The lowest BCUT2D eigenvalue weighted by Crippen LogP contribution is -2.26. The van der Waals surface area contributed by atoms with Crippen molar-refractivity contribution in [1.82, 2.24) is 15.2 Å². The highest BCUT2D eigenvalue weighted by molar-refractivity contribution is 5.93. The zero-order chi connectivity index (χ0) is 18.1. The van der Waals surface area contributed by atoms with Gasteiger partial charge in [-0.15, -0.1) is 0 Å². The molecule has 0 bridgehead atoms. The Kier molecular flexibility index (Phi) is 7.35. The Balaban J connectivity index is 1.81. The van der Waals surface area contributed by atoms with E-state index in [2.05, 4.69) is 20.5 Å². The molecule has 1 aromatic carbocycles. The number of benzene rings is 1. The van der Waals surface area contributed by atoms with E-state index in [1.165, 1.54) is 6.07 Å². The highest BCUT2D eigenvalue weighted by Gasteiger charge is 2.08. The van der Waals surface area contributed by atoms with Crippen molar-refractivity contribution in [3.8, 4) is 0 Å². The van der Waals surface area contributed by atoms with Gasteiger partial charge in [-0.2, -0.15) is 0 Å². The normalized spacial score (nSPS) is 10.7. The average molecular weight is 344 g/mol. The molecule has 0 aliphatic carbocycles. The lowest BCUT2D eigenvalue weighted by atomic mass is 10.1. The molecule has 0 aliphatic rings. The van der Waals surface area contributed by atoms with E-state index in [0.717, 1.165) is 25.2 Å². The molecule has 134 valence electrons. The van der Waals surface area contributed by atoms with Gasteiger partial charge in [0, 0.05) is 25.0 Å². The number of nitrogens with zero attached hydrogens (tertiary/aromatic N) is 2. The first-order valence-electron chi connectivity index (χ1n) is 8.42. The molecule has 2 rings (SSSR count). The molecule has 0 saturated carbocycles. The first-order chi connectivity index (χ1) is 12.1. The number of hydrogen-bond donors (Lipinski definition) is 2. The van der Waals surface area contributed by atoms with Crippen LogP contribution in [0.4, 0.5) is 10.1 Å². The van der Waals surface area contributed by atoms with Gasteiger partial charge in [0.15, 0.2) is 0 Å². The Hall–Kier alpha value is -2.47. The predicted octanol–water partition coefficient (Wildman–Crippen LogP) is 2.56. The van der Waals surface area contributed by atoms with Gasteiger partial charge < -0.3 is 15.5 Å². The Labute approximate surface area is 148 Å². The van der Waals surface area contributed by atoms with Gasteiger partial charge in [0.25, 0.3) is 5.91 Å². The van der Waals surface area contributed by atoms with E-state index >= 15 is 0 Å². The zero-order valence-electron chi connectivity index (χ0n) is 14.8. The number of aromatic nitrogens is 1. The summed E-state index contributed by atoms with van der Waals surface area (Å²) in [6.07, 6.45) is 3.07. The maximum absolute atomic E-state index is 13.6. The maximum Gasteiger partial charge on any atom is 0.269 e. The summed E-state index contributed by atoms with van der Waals surface area (Å²) in [6, 6.07) is 10.1. The Morgan fingerprint density at radius 1 is 1.20 bits per heavy atom. The third-order valence-electron chi connectivity index (χ3n) is 3.74. The van der Waals surface area contributed by atoms with Crippen molar-refractivity contribution >= 4 is 11.6 Å². The lowest BCUT2D eigenvalue weighted by Gasteiger charge is -2.11. The highest BCUT2D eigenvalue weighted by Crippen LogP contribution is 2.09. The number of halogens is 1. The van der Waals surface area contributed by atoms with Crippen molar-refractivity contribution in [3.05, 3.63) is 59.7 Å². The largest absolute Gasteiger partial charge is 0.385 e. The van der Waals surface area contributed by atoms with Crippen molar-refractivity contribution in [2.45, 2.75) is 12.8 Å². The van der Waals surface area contributed by atoms with Crippen LogP contribution in [0, 0.1) is 5.82 Å². The number of rotatable bonds is 9. The van der Waals surface area contributed by atoms with Crippen LogP contribution in [-0.2, 0) is 6.42 Å². The second-order valence-corrected chi connectivity index (χ2v) is 6.11. The molecule has 0 aliphatic heterocycles. The Morgan fingerprint density at radius 2 is 2.00 bits per heavy atom.